The van der Waals surface area contributed by atoms with Gasteiger partial charge in [0.2, 0.25) is 0 Å². The monoisotopic (exact) mass is 414 g/mol. The van der Waals surface area contributed by atoms with Gasteiger partial charge >= 0.3 is 0 Å². The zero-order valence-corrected chi connectivity index (χ0v) is 18.3. The summed E-state index contributed by atoms with van der Waals surface area (Å²) >= 11 is 0. The van der Waals surface area contributed by atoms with E-state index in [-0.39, 0.29) is 12.1 Å². The fraction of sp³-hybridized carbons (Fsp3) is 0.591. The SMILES string of the molecule is CCc1nncn1CCNC(=NCCc1ccc(OC)cc1)NC(C)C1CCCO1. The lowest BCUT2D eigenvalue weighted by molar-refractivity contribution is 0.0890. The van der Waals surface area contributed by atoms with Crippen molar-refractivity contribution in [3.8, 4) is 5.75 Å². The van der Waals surface area contributed by atoms with E-state index in [0.29, 0.717) is 6.54 Å². The molecular formula is C22H34N6O2. The fourth-order valence-electron chi connectivity index (χ4n) is 3.58. The van der Waals surface area contributed by atoms with Crippen molar-refractivity contribution in [2.24, 2.45) is 4.99 Å². The minimum Gasteiger partial charge on any atom is -0.497 e. The Labute approximate surface area is 179 Å². The third-order valence-electron chi connectivity index (χ3n) is 5.37. The summed E-state index contributed by atoms with van der Waals surface area (Å²) in [6.07, 6.45) is 5.98. The first-order valence-electron chi connectivity index (χ1n) is 10.9. The maximum Gasteiger partial charge on any atom is 0.191 e. The van der Waals surface area contributed by atoms with Gasteiger partial charge in [0.1, 0.15) is 17.9 Å². The van der Waals surface area contributed by atoms with Crippen molar-refractivity contribution in [1.29, 1.82) is 0 Å². The number of hydrogen-bond donors (Lipinski definition) is 2. The van der Waals surface area contributed by atoms with E-state index in [0.717, 1.165) is 62.9 Å². The number of aliphatic imine (C=N–C) groups is 1. The normalized spacial score (nSPS) is 17.7. The highest BCUT2D eigenvalue weighted by atomic mass is 16.5. The lowest BCUT2D eigenvalue weighted by Crippen LogP contribution is -2.47. The van der Waals surface area contributed by atoms with Crippen LogP contribution in [0.1, 0.15) is 38.1 Å². The molecule has 2 unspecified atom stereocenters. The van der Waals surface area contributed by atoms with Crippen LogP contribution in [0.15, 0.2) is 35.6 Å². The zero-order valence-electron chi connectivity index (χ0n) is 18.3. The van der Waals surface area contributed by atoms with E-state index in [1.165, 1.54) is 5.56 Å². The minimum absolute atomic E-state index is 0.209. The predicted octanol–water partition coefficient (Wildman–Crippen LogP) is 2.19. The van der Waals surface area contributed by atoms with Gasteiger partial charge in [0.15, 0.2) is 5.96 Å². The number of aryl methyl sites for hydroxylation is 1. The van der Waals surface area contributed by atoms with Crippen molar-refractivity contribution in [2.75, 3.05) is 26.8 Å². The first-order valence-corrected chi connectivity index (χ1v) is 10.9. The number of hydrogen-bond acceptors (Lipinski definition) is 5. The quantitative estimate of drug-likeness (QED) is 0.458. The number of nitrogens with zero attached hydrogens (tertiary/aromatic N) is 4. The summed E-state index contributed by atoms with van der Waals surface area (Å²) in [6, 6.07) is 8.35. The lowest BCUT2D eigenvalue weighted by Gasteiger charge is -2.23. The summed E-state index contributed by atoms with van der Waals surface area (Å²) in [5.74, 6) is 2.69. The highest BCUT2D eigenvalue weighted by Gasteiger charge is 2.23. The summed E-state index contributed by atoms with van der Waals surface area (Å²) in [5.41, 5.74) is 1.24. The lowest BCUT2D eigenvalue weighted by atomic mass is 10.1. The van der Waals surface area contributed by atoms with E-state index in [9.17, 15) is 0 Å². The van der Waals surface area contributed by atoms with Crippen LogP contribution < -0.4 is 15.4 Å². The molecule has 0 saturated carbocycles. The third kappa shape index (κ3) is 6.45. The Morgan fingerprint density at radius 1 is 1.37 bits per heavy atom. The van der Waals surface area contributed by atoms with Gasteiger partial charge in [-0.2, -0.15) is 0 Å². The molecule has 1 aromatic carbocycles. The number of ether oxygens (including phenoxy) is 2. The number of aromatic nitrogens is 3. The van der Waals surface area contributed by atoms with Gasteiger partial charge in [0, 0.05) is 32.7 Å². The number of guanidine groups is 1. The molecule has 2 heterocycles. The van der Waals surface area contributed by atoms with Gasteiger partial charge in [-0.25, -0.2) is 0 Å². The van der Waals surface area contributed by atoms with Crippen molar-refractivity contribution >= 4 is 5.96 Å². The van der Waals surface area contributed by atoms with Gasteiger partial charge in [-0.1, -0.05) is 19.1 Å². The van der Waals surface area contributed by atoms with E-state index in [1.54, 1.807) is 13.4 Å². The van der Waals surface area contributed by atoms with Crippen molar-refractivity contribution in [3.05, 3.63) is 42.0 Å². The second kappa shape index (κ2) is 11.5. The highest BCUT2D eigenvalue weighted by molar-refractivity contribution is 5.80. The molecule has 1 aliphatic rings. The Morgan fingerprint density at radius 3 is 2.90 bits per heavy atom. The van der Waals surface area contributed by atoms with Crippen molar-refractivity contribution < 1.29 is 9.47 Å². The number of benzene rings is 1. The number of rotatable bonds is 10. The Morgan fingerprint density at radius 2 is 2.20 bits per heavy atom. The van der Waals surface area contributed by atoms with Crippen LogP contribution in [-0.4, -0.2) is 59.7 Å². The molecular weight excluding hydrogens is 380 g/mol. The van der Waals surface area contributed by atoms with E-state index in [2.05, 4.69) is 51.4 Å². The molecule has 0 bridgehead atoms. The number of methoxy groups -OCH3 is 1. The summed E-state index contributed by atoms with van der Waals surface area (Å²) < 4.78 is 13.1. The molecule has 1 aromatic heterocycles. The van der Waals surface area contributed by atoms with Crippen LogP contribution >= 0.6 is 0 Å². The van der Waals surface area contributed by atoms with Crippen LogP contribution in [0.3, 0.4) is 0 Å². The molecule has 0 spiro atoms. The van der Waals surface area contributed by atoms with Crippen LogP contribution in [0.25, 0.3) is 0 Å². The Hall–Kier alpha value is -2.61. The smallest absolute Gasteiger partial charge is 0.191 e. The molecule has 8 nitrogen and oxygen atoms in total. The Bertz CT molecular complexity index is 783. The molecule has 164 valence electrons. The molecule has 0 radical (unpaired) electrons. The fourth-order valence-corrected chi connectivity index (χ4v) is 3.58. The van der Waals surface area contributed by atoms with Crippen molar-refractivity contribution in [3.63, 3.8) is 0 Å². The Balaban J connectivity index is 1.56. The molecule has 0 amide bonds. The minimum atomic E-state index is 0.209. The van der Waals surface area contributed by atoms with Crippen LogP contribution in [0, 0.1) is 0 Å². The van der Waals surface area contributed by atoms with Crippen LogP contribution in [-0.2, 0) is 24.1 Å². The first kappa shape index (κ1) is 22.1. The van der Waals surface area contributed by atoms with Crippen molar-refractivity contribution in [1.82, 2.24) is 25.4 Å². The average Bonchev–Trinajstić information content (AvgIpc) is 3.46. The molecule has 2 atom stereocenters. The van der Waals surface area contributed by atoms with Crippen LogP contribution in [0.5, 0.6) is 5.75 Å². The van der Waals surface area contributed by atoms with E-state index in [4.69, 9.17) is 14.5 Å². The van der Waals surface area contributed by atoms with Gasteiger partial charge in [0.05, 0.1) is 19.3 Å². The maximum absolute atomic E-state index is 5.83. The van der Waals surface area contributed by atoms with Crippen LogP contribution in [0.4, 0.5) is 0 Å². The van der Waals surface area contributed by atoms with Gasteiger partial charge < -0.3 is 24.7 Å². The molecule has 1 saturated heterocycles. The summed E-state index contributed by atoms with van der Waals surface area (Å²) in [7, 11) is 1.68. The molecule has 3 rings (SSSR count). The second-order valence-electron chi connectivity index (χ2n) is 7.53. The predicted molar refractivity (Wildman–Crippen MR) is 118 cm³/mol. The molecule has 1 fully saturated rings. The summed E-state index contributed by atoms with van der Waals surface area (Å²) in [5, 5.41) is 15.1. The van der Waals surface area contributed by atoms with E-state index >= 15 is 0 Å². The first-order chi connectivity index (χ1) is 14.7. The zero-order chi connectivity index (χ0) is 21.2. The molecule has 2 aromatic rings. The Kier molecular flexibility index (Phi) is 8.50. The standard InChI is InChI=1S/C22H34N6O2/c1-4-21-27-25-16-28(21)14-13-24-22(26-17(2)20-6-5-15-30-20)23-12-11-18-7-9-19(29-3)10-8-18/h7-10,16-17,20H,4-6,11-15H2,1-3H3,(H2,23,24,26). The van der Waals surface area contributed by atoms with Gasteiger partial charge in [-0.15, -0.1) is 10.2 Å². The van der Waals surface area contributed by atoms with Gasteiger partial charge in [0.25, 0.3) is 0 Å². The van der Waals surface area contributed by atoms with Crippen molar-refractivity contribution in [2.45, 2.75) is 58.2 Å². The van der Waals surface area contributed by atoms with Gasteiger partial charge in [-0.3, -0.25) is 4.99 Å². The molecule has 1 aliphatic heterocycles. The number of nitrogens with one attached hydrogen (secondary N) is 2. The largest absolute Gasteiger partial charge is 0.497 e. The molecule has 30 heavy (non-hydrogen) atoms. The second-order valence-corrected chi connectivity index (χ2v) is 7.53. The third-order valence-corrected chi connectivity index (χ3v) is 5.37. The summed E-state index contributed by atoms with van der Waals surface area (Å²) in [4.78, 5) is 4.80. The highest BCUT2D eigenvalue weighted by Crippen LogP contribution is 2.15. The van der Waals surface area contributed by atoms with E-state index in [1.807, 2.05) is 12.1 Å². The average molecular weight is 415 g/mol. The molecule has 2 N–H and O–H groups in total. The topological polar surface area (TPSA) is 85.6 Å². The maximum atomic E-state index is 5.83. The molecule has 8 heteroatoms. The molecule has 0 aliphatic carbocycles. The van der Waals surface area contributed by atoms with E-state index < -0.39 is 0 Å². The summed E-state index contributed by atoms with van der Waals surface area (Å²) in [6.45, 7) is 7.34. The van der Waals surface area contributed by atoms with Crippen LogP contribution in [0.2, 0.25) is 0 Å². The van der Waals surface area contributed by atoms with Gasteiger partial charge in [-0.05, 0) is 43.9 Å².